The van der Waals surface area contributed by atoms with Crippen molar-refractivity contribution in [1.82, 2.24) is 4.90 Å². The van der Waals surface area contributed by atoms with E-state index in [9.17, 15) is 23.1 Å². The summed E-state index contributed by atoms with van der Waals surface area (Å²) in [5, 5.41) is 9.46. The number of methoxy groups -OCH3 is 1. The van der Waals surface area contributed by atoms with Crippen molar-refractivity contribution in [2.45, 2.75) is 25.3 Å². The lowest BCUT2D eigenvalue weighted by Gasteiger charge is -2.36. The van der Waals surface area contributed by atoms with E-state index in [-0.39, 0.29) is 24.5 Å². The van der Waals surface area contributed by atoms with Crippen molar-refractivity contribution in [3.63, 3.8) is 0 Å². The number of nitrogens with zero attached hydrogens (tertiary/aromatic N) is 1. The quantitative estimate of drug-likeness (QED) is 0.330. The average molecular weight is 531 g/mol. The number of rotatable bonds is 6. The van der Waals surface area contributed by atoms with Crippen LogP contribution in [0.25, 0.3) is 6.08 Å². The summed E-state index contributed by atoms with van der Waals surface area (Å²) in [6, 6.07) is 6.59. The Morgan fingerprint density at radius 3 is 2.57 bits per heavy atom. The highest BCUT2D eigenvalue weighted by molar-refractivity contribution is 14.1. The molecule has 1 amide bonds. The molecule has 2 aromatic carbocycles. The second-order valence-electron chi connectivity index (χ2n) is 6.99. The lowest BCUT2D eigenvalue weighted by Crippen LogP contribution is -2.40. The number of hydrogen-bond donors (Lipinski definition) is 1. The maximum absolute atomic E-state index is 13.8. The fourth-order valence-electron chi connectivity index (χ4n) is 3.62. The van der Waals surface area contributed by atoms with Gasteiger partial charge in [-0.2, -0.15) is 0 Å². The largest absolute Gasteiger partial charge is 0.496 e. The summed E-state index contributed by atoms with van der Waals surface area (Å²) in [5.41, 5.74) is 1.47. The third-order valence-electron chi connectivity index (χ3n) is 5.07. The highest BCUT2D eigenvalue weighted by atomic mass is 127. The van der Waals surface area contributed by atoms with Gasteiger partial charge in [0, 0.05) is 18.7 Å². The average Bonchev–Trinajstić information content (AvgIpc) is 2.73. The molecule has 0 aromatic heterocycles. The van der Waals surface area contributed by atoms with Crippen LogP contribution in [-0.4, -0.2) is 36.2 Å². The van der Waals surface area contributed by atoms with Gasteiger partial charge in [-0.3, -0.25) is 4.79 Å². The summed E-state index contributed by atoms with van der Waals surface area (Å²) in [6.07, 6.45) is 3.07. The van der Waals surface area contributed by atoms with E-state index in [1.807, 2.05) is 18.2 Å². The van der Waals surface area contributed by atoms with Crippen molar-refractivity contribution in [3.05, 3.63) is 68.1 Å². The van der Waals surface area contributed by atoms with Gasteiger partial charge in [-0.1, -0.05) is 6.07 Å². The number of hydrogen-bond acceptors (Lipinski definition) is 3. The first-order chi connectivity index (χ1) is 14.3. The monoisotopic (exact) mass is 531 g/mol. The van der Waals surface area contributed by atoms with E-state index in [1.165, 1.54) is 4.90 Å². The van der Waals surface area contributed by atoms with Crippen LogP contribution in [0.4, 0.5) is 13.2 Å². The van der Waals surface area contributed by atoms with Gasteiger partial charge in [-0.15, -0.1) is 0 Å². The molecule has 8 heteroatoms. The number of carbonyl (C=O) groups is 1. The molecule has 1 unspecified atom stereocenters. The van der Waals surface area contributed by atoms with E-state index in [4.69, 9.17) is 4.74 Å². The van der Waals surface area contributed by atoms with E-state index >= 15 is 0 Å². The first-order valence-electron chi connectivity index (χ1n) is 9.46. The molecule has 0 spiro atoms. The minimum Gasteiger partial charge on any atom is -0.496 e. The van der Waals surface area contributed by atoms with Crippen LogP contribution in [0.2, 0.25) is 0 Å². The van der Waals surface area contributed by atoms with Gasteiger partial charge in [0.2, 0.25) is 5.91 Å². The zero-order chi connectivity index (χ0) is 21.8. The van der Waals surface area contributed by atoms with E-state index < -0.39 is 23.5 Å². The molecule has 1 aliphatic rings. The molecule has 1 N–H and O–H groups in total. The highest BCUT2D eigenvalue weighted by Crippen LogP contribution is 2.33. The molecule has 1 heterocycles. The normalized spacial score (nSPS) is 16.8. The summed E-state index contributed by atoms with van der Waals surface area (Å²) < 4.78 is 47.2. The molecule has 0 radical (unpaired) electrons. The molecule has 0 aliphatic carbocycles. The van der Waals surface area contributed by atoms with E-state index in [0.29, 0.717) is 30.7 Å². The third kappa shape index (κ3) is 4.80. The Kier molecular flexibility index (Phi) is 7.41. The number of benzene rings is 2. The van der Waals surface area contributed by atoms with Crippen LogP contribution in [-0.2, 0) is 4.79 Å². The first kappa shape index (κ1) is 22.6. The van der Waals surface area contributed by atoms with Crippen LogP contribution < -0.4 is 4.74 Å². The van der Waals surface area contributed by atoms with E-state index in [1.54, 1.807) is 13.2 Å². The van der Waals surface area contributed by atoms with Gasteiger partial charge >= 0.3 is 0 Å². The fraction of sp³-hybridized carbons (Fsp3) is 0.318. The Morgan fingerprint density at radius 2 is 1.93 bits per heavy atom. The summed E-state index contributed by atoms with van der Waals surface area (Å²) in [6.45, 7) is 0.0832. The molecule has 2 aromatic rings. The number of aliphatic hydroxyl groups excluding tert-OH is 1. The van der Waals surface area contributed by atoms with Crippen LogP contribution in [0, 0.1) is 21.0 Å². The lowest BCUT2D eigenvalue weighted by atomic mass is 9.95. The van der Waals surface area contributed by atoms with Gasteiger partial charge in [-0.05, 0) is 83.3 Å². The number of aliphatic hydroxyl groups is 1. The molecule has 160 valence electrons. The molecule has 3 rings (SSSR count). The smallest absolute Gasteiger partial charge is 0.250 e. The molecule has 0 saturated carbocycles. The lowest BCUT2D eigenvalue weighted by molar-refractivity contribution is -0.131. The molecule has 1 fully saturated rings. The van der Waals surface area contributed by atoms with Crippen molar-refractivity contribution >= 4 is 34.6 Å². The summed E-state index contributed by atoms with van der Waals surface area (Å²) >= 11 is 2.15. The van der Waals surface area contributed by atoms with Gasteiger partial charge in [-0.25, -0.2) is 13.2 Å². The first-order valence-corrected chi connectivity index (χ1v) is 10.5. The predicted molar refractivity (Wildman–Crippen MR) is 115 cm³/mol. The van der Waals surface area contributed by atoms with Crippen molar-refractivity contribution in [2.75, 3.05) is 20.3 Å². The molecular formula is C22H21F3INO3. The van der Waals surface area contributed by atoms with Gasteiger partial charge in [0.05, 0.1) is 16.7 Å². The maximum Gasteiger partial charge on any atom is 0.250 e. The molecule has 1 saturated heterocycles. The Balaban J connectivity index is 1.94. The van der Waals surface area contributed by atoms with E-state index in [0.717, 1.165) is 21.3 Å². The minimum atomic E-state index is -1.56. The Morgan fingerprint density at radius 1 is 1.23 bits per heavy atom. The summed E-state index contributed by atoms with van der Waals surface area (Å²) in [5.74, 6) is -3.78. The number of ether oxygens (including phenoxy) is 1. The van der Waals surface area contributed by atoms with Crippen molar-refractivity contribution < 1.29 is 27.8 Å². The topological polar surface area (TPSA) is 49.8 Å². The van der Waals surface area contributed by atoms with Crippen LogP contribution >= 0.6 is 22.6 Å². The van der Waals surface area contributed by atoms with Crippen molar-refractivity contribution in [1.29, 1.82) is 0 Å². The van der Waals surface area contributed by atoms with Crippen molar-refractivity contribution in [2.24, 2.45) is 0 Å². The zero-order valence-electron chi connectivity index (χ0n) is 16.3. The number of carbonyl (C=O) groups excluding carboxylic acids is 1. The third-order valence-corrected chi connectivity index (χ3v) is 5.96. The highest BCUT2D eigenvalue weighted by Gasteiger charge is 2.31. The van der Waals surface area contributed by atoms with Gasteiger partial charge in [0.15, 0.2) is 17.5 Å². The summed E-state index contributed by atoms with van der Waals surface area (Å²) in [4.78, 5) is 14.6. The second kappa shape index (κ2) is 9.82. The van der Waals surface area contributed by atoms with Crippen LogP contribution in [0.1, 0.15) is 36.4 Å². The zero-order valence-corrected chi connectivity index (χ0v) is 18.5. The molecular weight excluding hydrogens is 510 g/mol. The van der Waals surface area contributed by atoms with Crippen molar-refractivity contribution in [3.8, 4) is 5.75 Å². The minimum absolute atomic E-state index is 0.0842. The van der Waals surface area contributed by atoms with Crippen LogP contribution in [0.15, 0.2) is 35.9 Å². The molecule has 1 atom stereocenters. The Bertz CT molecular complexity index is 957. The molecule has 1 aliphatic heterocycles. The number of likely N-dealkylation sites (tertiary alicyclic amines) is 1. The number of amides is 1. The van der Waals surface area contributed by atoms with Crippen LogP contribution in [0.3, 0.4) is 0 Å². The van der Waals surface area contributed by atoms with E-state index in [2.05, 4.69) is 22.6 Å². The van der Waals surface area contributed by atoms with Gasteiger partial charge in [0.1, 0.15) is 5.75 Å². The fourth-order valence-corrected chi connectivity index (χ4v) is 4.18. The number of halogens is 4. The molecule has 30 heavy (non-hydrogen) atoms. The van der Waals surface area contributed by atoms with Crippen LogP contribution in [0.5, 0.6) is 5.75 Å². The molecule has 4 nitrogen and oxygen atoms in total. The summed E-state index contributed by atoms with van der Waals surface area (Å²) in [7, 11) is 1.57. The standard InChI is InChI=1S/C22H21F3INO3/c1-30-20-10-13(4-5-18(20)26)9-14-3-2-7-27(22(14)29)19(6-8-28)15-11-16(23)21(25)17(24)12-15/h4-5,9-12,19,28H,2-3,6-8H2,1H3. The van der Waals surface area contributed by atoms with Gasteiger partial charge in [0.25, 0.3) is 0 Å². The Labute approximate surface area is 186 Å². The Hall–Kier alpha value is -2.07. The molecule has 0 bridgehead atoms. The predicted octanol–water partition coefficient (Wildman–Crippen LogP) is 4.85. The van der Waals surface area contributed by atoms with Gasteiger partial charge < -0.3 is 14.7 Å². The second-order valence-corrected chi connectivity index (χ2v) is 8.15. The SMILES string of the molecule is COc1cc(C=C2CCCN(C(CCO)c3cc(F)c(F)c(F)c3)C2=O)ccc1I. The maximum atomic E-state index is 13.8. The number of piperidine rings is 1.